The highest BCUT2D eigenvalue weighted by molar-refractivity contribution is 5.91. The summed E-state index contributed by atoms with van der Waals surface area (Å²) in [6.07, 6.45) is 2.36. The first-order valence-electron chi connectivity index (χ1n) is 9.21. The molecule has 1 amide bonds. The summed E-state index contributed by atoms with van der Waals surface area (Å²) < 4.78 is 10.7. The van der Waals surface area contributed by atoms with Crippen LogP contribution in [0, 0.1) is 5.92 Å². The first-order chi connectivity index (χ1) is 12.7. The number of rotatable bonds is 5. The molecular formula is C21H24N2O3. The molecule has 1 atom stereocenters. The van der Waals surface area contributed by atoms with Crippen molar-refractivity contribution in [3.63, 3.8) is 0 Å². The molecular weight excluding hydrogens is 328 g/mol. The number of hydrogen-bond acceptors (Lipinski definition) is 4. The molecule has 0 aromatic heterocycles. The van der Waals surface area contributed by atoms with Gasteiger partial charge in [0.25, 0.3) is 0 Å². The fraction of sp³-hybridized carbons (Fsp3) is 0.381. The Hall–Kier alpha value is -2.69. The van der Waals surface area contributed by atoms with E-state index in [1.165, 1.54) is 12.1 Å². The Morgan fingerprint density at radius 2 is 1.96 bits per heavy atom. The van der Waals surface area contributed by atoms with Crippen LogP contribution in [0.25, 0.3) is 0 Å². The molecule has 2 heterocycles. The molecule has 2 aliphatic rings. The quantitative estimate of drug-likeness (QED) is 0.888. The summed E-state index contributed by atoms with van der Waals surface area (Å²) in [5.74, 6) is 2.30. The fourth-order valence-corrected chi connectivity index (χ4v) is 3.50. The minimum Gasteiger partial charge on any atom is -0.454 e. The highest BCUT2D eigenvalue weighted by atomic mass is 16.7. The molecule has 26 heavy (non-hydrogen) atoms. The van der Waals surface area contributed by atoms with E-state index >= 15 is 0 Å². The normalized spacial score (nSPS) is 18.2. The number of anilines is 2. The van der Waals surface area contributed by atoms with Crippen LogP contribution in [0.4, 0.5) is 11.4 Å². The Bertz CT molecular complexity index is 788. The van der Waals surface area contributed by atoms with E-state index in [1.54, 1.807) is 0 Å². The van der Waals surface area contributed by atoms with E-state index < -0.39 is 0 Å². The maximum Gasteiger partial charge on any atom is 0.231 e. The van der Waals surface area contributed by atoms with Crippen LogP contribution in [0.5, 0.6) is 11.5 Å². The molecule has 5 nitrogen and oxygen atoms in total. The van der Waals surface area contributed by atoms with Crippen molar-refractivity contribution in [2.24, 2.45) is 5.92 Å². The Balaban J connectivity index is 1.29. The van der Waals surface area contributed by atoms with Crippen molar-refractivity contribution >= 4 is 17.3 Å². The summed E-state index contributed by atoms with van der Waals surface area (Å²) in [7, 11) is 0. The minimum absolute atomic E-state index is 0.0187. The van der Waals surface area contributed by atoms with Crippen LogP contribution < -0.4 is 19.7 Å². The Kier molecular flexibility index (Phi) is 4.69. The van der Waals surface area contributed by atoms with E-state index in [0.29, 0.717) is 12.8 Å². The van der Waals surface area contributed by atoms with Gasteiger partial charge in [-0.15, -0.1) is 0 Å². The van der Waals surface area contributed by atoms with Crippen molar-refractivity contribution in [3.8, 4) is 11.5 Å². The standard InChI is InChI=1S/C21H24N2O3/c1-15-10-11-23(13-15)18-6-4-17(5-7-18)22-21(24)9-3-16-2-8-19-20(12-16)26-14-25-19/h2,4-8,12,15H,3,9-11,13-14H2,1H3,(H,22,24). The zero-order chi connectivity index (χ0) is 17.9. The maximum absolute atomic E-state index is 12.2. The molecule has 4 rings (SSSR count). The predicted octanol–water partition coefficient (Wildman–Crippen LogP) is 3.83. The van der Waals surface area contributed by atoms with E-state index in [1.807, 2.05) is 30.3 Å². The first kappa shape index (κ1) is 16.8. The summed E-state index contributed by atoms with van der Waals surface area (Å²) in [6.45, 7) is 4.78. The highest BCUT2D eigenvalue weighted by Gasteiger charge is 2.18. The average Bonchev–Trinajstić information content (AvgIpc) is 3.29. The first-order valence-corrected chi connectivity index (χ1v) is 9.21. The lowest BCUT2D eigenvalue weighted by atomic mass is 10.1. The van der Waals surface area contributed by atoms with E-state index in [2.05, 4.69) is 29.3 Å². The van der Waals surface area contributed by atoms with Crippen LogP contribution >= 0.6 is 0 Å². The third kappa shape index (κ3) is 3.77. The molecule has 2 aromatic carbocycles. The Morgan fingerprint density at radius 1 is 1.15 bits per heavy atom. The van der Waals surface area contributed by atoms with Crippen LogP contribution in [0.15, 0.2) is 42.5 Å². The van der Waals surface area contributed by atoms with Gasteiger partial charge in [-0.3, -0.25) is 4.79 Å². The predicted molar refractivity (Wildman–Crippen MR) is 102 cm³/mol. The molecule has 0 radical (unpaired) electrons. The van der Waals surface area contributed by atoms with Crippen molar-refractivity contribution in [1.29, 1.82) is 0 Å². The summed E-state index contributed by atoms with van der Waals surface area (Å²) >= 11 is 0. The lowest BCUT2D eigenvalue weighted by Crippen LogP contribution is -2.19. The summed E-state index contributed by atoms with van der Waals surface area (Å²) in [5.41, 5.74) is 3.15. The molecule has 0 saturated carbocycles. The van der Waals surface area contributed by atoms with Crippen LogP contribution in [-0.2, 0) is 11.2 Å². The van der Waals surface area contributed by atoms with Gasteiger partial charge in [-0.1, -0.05) is 13.0 Å². The molecule has 1 fully saturated rings. The third-order valence-corrected chi connectivity index (χ3v) is 5.02. The highest BCUT2D eigenvalue weighted by Crippen LogP contribution is 2.32. The van der Waals surface area contributed by atoms with Gasteiger partial charge in [0.05, 0.1) is 0 Å². The molecule has 0 aliphatic carbocycles. The summed E-state index contributed by atoms with van der Waals surface area (Å²) in [5, 5.41) is 2.98. The molecule has 5 heteroatoms. The van der Waals surface area contributed by atoms with Crippen LogP contribution in [-0.4, -0.2) is 25.8 Å². The van der Waals surface area contributed by atoms with Crippen LogP contribution in [0.2, 0.25) is 0 Å². The second-order valence-electron chi connectivity index (χ2n) is 7.12. The van der Waals surface area contributed by atoms with Gasteiger partial charge in [0.1, 0.15) is 0 Å². The van der Waals surface area contributed by atoms with Gasteiger partial charge in [0.2, 0.25) is 12.7 Å². The number of benzene rings is 2. The number of nitrogens with zero attached hydrogens (tertiary/aromatic N) is 1. The minimum atomic E-state index is 0.0187. The lowest BCUT2D eigenvalue weighted by Gasteiger charge is -2.18. The Labute approximate surface area is 153 Å². The fourth-order valence-electron chi connectivity index (χ4n) is 3.50. The topological polar surface area (TPSA) is 50.8 Å². The average molecular weight is 352 g/mol. The number of carbonyl (C=O) groups is 1. The molecule has 0 spiro atoms. The summed E-state index contributed by atoms with van der Waals surface area (Å²) in [4.78, 5) is 14.6. The number of aryl methyl sites for hydroxylation is 1. The third-order valence-electron chi connectivity index (χ3n) is 5.02. The molecule has 0 bridgehead atoms. The smallest absolute Gasteiger partial charge is 0.231 e. The SMILES string of the molecule is CC1CCN(c2ccc(NC(=O)CCc3ccc4c(c3)OCO4)cc2)C1. The lowest BCUT2D eigenvalue weighted by molar-refractivity contribution is -0.116. The molecule has 2 aliphatic heterocycles. The molecule has 136 valence electrons. The van der Waals surface area contributed by atoms with Gasteiger partial charge in [-0.2, -0.15) is 0 Å². The molecule has 1 saturated heterocycles. The number of fused-ring (bicyclic) bond motifs is 1. The largest absolute Gasteiger partial charge is 0.454 e. The number of carbonyl (C=O) groups excluding carboxylic acids is 1. The van der Waals surface area contributed by atoms with Gasteiger partial charge in [-0.25, -0.2) is 0 Å². The summed E-state index contributed by atoms with van der Waals surface area (Å²) in [6, 6.07) is 14.0. The zero-order valence-corrected chi connectivity index (χ0v) is 15.0. The van der Waals surface area contributed by atoms with Gasteiger partial charge < -0.3 is 19.7 Å². The zero-order valence-electron chi connectivity index (χ0n) is 15.0. The second kappa shape index (κ2) is 7.28. The van der Waals surface area contributed by atoms with E-state index in [0.717, 1.165) is 41.8 Å². The van der Waals surface area contributed by atoms with Crippen molar-refractivity contribution in [3.05, 3.63) is 48.0 Å². The van der Waals surface area contributed by atoms with Crippen LogP contribution in [0.1, 0.15) is 25.3 Å². The van der Waals surface area contributed by atoms with Gasteiger partial charge in [0.15, 0.2) is 11.5 Å². The number of ether oxygens (including phenoxy) is 2. The number of hydrogen-bond donors (Lipinski definition) is 1. The molecule has 2 aromatic rings. The monoisotopic (exact) mass is 352 g/mol. The van der Waals surface area contributed by atoms with Crippen molar-refractivity contribution in [1.82, 2.24) is 0 Å². The van der Waals surface area contributed by atoms with E-state index in [9.17, 15) is 4.79 Å². The van der Waals surface area contributed by atoms with E-state index in [4.69, 9.17) is 9.47 Å². The van der Waals surface area contributed by atoms with Crippen LogP contribution in [0.3, 0.4) is 0 Å². The van der Waals surface area contributed by atoms with Crippen molar-refractivity contribution in [2.75, 3.05) is 30.1 Å². The number of nitrogens with one attached hydrogen (secondary N) is 1. The van der Waals surface area contributed by atoms with Gasteiger partial charge in [-0.05, 0) is 60.7 Å². The Morgan fingerprint density at radius 3 is 2.73 bits per heavy atom. The van der Waals surface area contributed by atoms with Gasteiger partial charge in [0, 0.05) is 30.9 Å². The maximum atomic E-state index is 12.2. The molecule has 1 N–H and O–H groups in total. The molecule has 1 unspecified atom stereocenters. The van der Waals surface area contributed by atoms with E-state index in [-0.39, 0.29) is 12.7 Å². The van der Waals surface area contributed by atoms with Gasteiger partial charge >= 0.3 is 0 Å². The second-order valence-corrected chi connectivity index (χ2v) is 7.12. The number of amides is 1. The van der Waals surface area contributed by atoms with Crippen molar-refractivity contribution < 1.29 is 14.3 Å². The van der Waals surface area contributed by atoms with Crippen molar-refractivity contribution in [2.45, 2.75) is 26.2 Å².